The van der Waals surface area contributed by atoms with Gasteiger partial charge in [0.2, 0.25) is 17.8 Å². The Morgan fingerprint density at radius 2 is 1.95 bits per heavy atom. The van der Waals surface area contributed by atoms with E-state index >= 15 is 0 Å². The molecule has 2 aromatic heterocycles. The maximum absolute atomic E-state index is 13.5. The summed E-state index contributed by atoms with van der Waals surface area (Å²) in [5, 5.41) is 9.51. The third-order valence-electron chi connectivity index (χ3n) is 6.76. The van der Waals surface area contributed by atoms with Crippen LogP contribution in [0.25, 0.3) is 0 Å². The fourth-order valence-electron chi connectivity index (χ4n) is 4.30. The number of halogens is 1. The Labute approximate surface area is 234 Å². The Kier molecular flexibility index (Phi) is 9.07. The number of nitrogens with one attached hydrogen (secondary N) is 3. The number of amides is 2. The van der Waals surface area contributed by atoms with Crippen LogP contribution in [0.15, 0.2) is 24.5 Å². The first kappa shape index (κ1) is 29.1. The third-order valence-corrected chi connectivity index (χ3v) is 6.76. The summed E-state index contributed by atoms with van der Waals surface area (Å²) in [5.41, 5.74) is 0.564. The quantitative estimate of drug-likeness (QED) is 0.337. The van der Waals surface area contributed by atoms with Gasteiger partial charge in [0.1, 0.15) is 17.5 Å². The molecule has 40 heavy (non-hydrogen) atoms. The van der Waals surface area contributed by atoms with Crippen LogP contribution in [0.4, 0.5) is 26.6 Å². The fourth-order valence-corrected chi connectivity index (χ4v) is 4.30. The molecule has 2 saturated carbocycles. The van der Waals surface area contributed by atoms with Crippen LogP contribution in [-0.2, 0) is 9.53 Å². The van der Waals surface area contributed by atoms with Gasteiger partial charge >= 0.3 is 6.09 Å². The topological polar surface area (TPSA) is 121 Å². The number of likely N-dealkylation sites (N-methyl/N-ethyl adjacent to an activating group) is 1. The van der Waals surface area contributed by atoms with Gasteiger partial charge in [-0.15, -0.1) is 0 Å². The lowest BCUT2D eigenvalue weighted by Crippen LogP contribution is -2.50. The number of pyridine rings is 1. The van der Waals surface area contributed by atoms with Crippen molar-refractivity contribution >= 4 is 29.5 Å². The van der Waals surface area contributed by atoms with E-state index in [0.717, 1.165) is 38.5 Å². The molecular formula is C29H38FN7O3. The molecule has 2 aromatic rings. The van der Waals surface area contributed by atoms with Crippen molar-refractivity contribution in [1.82, 2.24) is 25.2 Å². The van der Waals surface area contributed by atoms with Gasteiger partial charge < -0.3 is 20.7 Å². The summed E-state index contributed by atoms with van der Waals surface area (Å²) in [4.78, 5) is 39.1. The van der Waals surface area contributed by atoms with E-state index in [4.69, 9.17) is 4.74 Å². The van der Waals surface area contributed by atoms with Crippen LogP contribution in [0.3, 0.4) is 0 Å². The lowest BCUT2D eigenvalue weighted by molar-refractivity contribution is -0.126. The predicted octanol–water partition coefficient (Wildman–Crippen LogP) is 4.61. The van der Waals surface area contributed by atoms with E-state index < -0.39 is 23.7 Å². The molecule has 0 bridgehead atoms. The van der Waals surface area contributed by atoms with Gasteiger partial charge in [-0.1, -0.05) is 18.3 Å². The lowest BCUT2D eigenvalue weighted by atomic mass is 9.86. The van der Waals surface area contributed by atoms with E-state index in [0.29, 0.717) is 29.1 Å². The van der Waals surface area contributed by atoms with Crippen molar-refractivity contribution in [2.24, 2.45) is 5.92 Å². The monoisotopic (exact) mass is 551 g/mol. The van der Waals surface area contributed by atoms with E-state index in [1.54, 1.807) is 47.0 Å². The highest BCUT2D eigenvalue weighted by molar-refractivity contribution is 5.85. The molecule has 0 aliphatic heterocycles. The molecule has 0 spiro atoms. The van der Waals surface area contributed by atoms with E-state index in [1.165, 1.54) is 17.2 Å². The van der Waals surface area contributed by atoms with Gasteiger partial charge in [-0.2, -0.15) is 9.37 Å². The maximum Gasteiger partial charge on any atom is 0.410 e. The Hall–Kier alpha value is -3.94. The van der Waals surface area contributed by atoms with Crippen molar-refractivity contribution < 1.29 is 18.7 Å². The average molecular weight is 552 g/mol. The molecule has 11 heteroatoms. The number of aromatic nitrogens is 3. The molecule has 2 aliphatic carbocycles. The van der Waals surface area contributed by atoms with Crippen LogP contribution in [0.1, 0.15) is 71.8 Å². The Balaban J connectivity index is 1.38. The van der Waals surface area contributed by atoms with Crippen LogP contribution in [0.5, 0.6) is 0 Å². The molecule has 2 amide bonds. The van der Waals surface area contributed by atoms with Gasteiger partial charge in [-0.25, -0.2) is 14.8 Å². The molecular weight excluding hydrogens is 513 g/mol. The van der Waals surface area contributed by atoms with E-state index in [2.05, 4.69) is 42.7 Å². The lowest BCUT2D eigenvalue weighted by Gasteiger charge is -2.31. The molecule has 0 aromatic carbocycles. The number of hydrogen-bond donors (Lipinski definition) is 3. The number of rotatable bonds is 7. The van der Waals surface area contributed by atoms with Crippen molar-refractivity contribution in [3.05, 3.63) is 36.0 Å². The first-order valence-corrected chi connectivity index (χ1v) is 13.8. The summed E-state index contributed by atoms with van der Waals surface area (Å²) < 4.78 is 18.8. The Morgan fingerprint density at radius 1 is 1.18 bits per heavy atom. The summed E-state index contributed by atoms with van der Waals surface area (Å²) in [6.45, 7) is 7.07. The number of anilines is 3. The maximum atomic E-state index is 13.5. The molecule has 2 fully saturated rings. The second kappa shape index (κ2) is 12.5. The molecule has 10 nitrogen and oxygen atoms in total. The largest absolute Gasteiger partial charge is 0.444 e. The van der Waals surface area contributed by atoms with Crippen LogP contribution in [0.2, 0.25) is 0 Å². The summed E-state index contributed by atoms with van der Waals surface area (Å²) in [6, 6.07) is 2.59. The minimum Gasteiger partial charge on any atom is -0.444 e. The van der Waals surface area contributed by atoms with Crippen molar-refractivity contribution in [3.63, 3.8) is 0 Å². The molecule has 214 valence electrons. The van der Waals surface area contributed by atoms with Crippen LogP contribution < -0.4 is 16.0 Å². The highest BCUT2D eigenvalue weighted by atomic mass is 19.1. The normalized spacial score (nSPS) is 19.4. The Bertz CT molecular complexity index is 1280. The highest BCUT2D eigenvalue weighted by Crippen LogP contribution is 2.27. The number of hydrogen-bond acceptors (Lipinski definition) is 8. The molecule has 0 saturated heterocycles. The standard InChI is InChI=1S/C29H38FN7O3/c1-18(37(5)28(39)40-29(2,3)4)26(38)34-22-8-6-7-19(15-22)9-10-20-17-32-27(36-25(20)33-21-11-12-21)35-23-13-14-31-24(30)16-23/h13-14,16-19,21-22H,6-8,11-12,15H2,1-5H3,(H,34,38)(H2,31,32,33,35,36)/t18-,19-,22-/m0/s1. The van der Waals surface area contributed by atoms with Crippen molar-refractivity contribution in [1.29, 1.82) is 0 Å². The zero-order chi connectivity index (χ0) is 28.9. The van der Waals surface area contributed by atoms with Crippen molar-refractivity contribution in [2.45, 2.75) is 89.9 Å². The summed E-state index contributed by atoms with van der Waals surface area (Å²) in [5.74, 6) is 6.89. The smallest absolute Gasteiger partial charge is 0.410 e. The highest BCUT2D eigenvalue weighted by Gasteiger charge is 2.30. The van der Waals surface area contributed by atoms with Gasteiger partial charge in [0.05, 0.1) is 11.8 Å². The second-order valence-corrected chi connectivity index (χ2v) is 11.5. The van der Waals surface area contributed by atoms with E-state index in [1.807, 2.05) is 0 Å². The van der Waals surface area contributed by atoms with Crippen molar-refractivity contribution in [3.8, 4) is 11.8 Å². The third kappa shape index (κ3) is 8.53. The second-order valence-electron chi connectivity index (χ2n) is 11.5. The van der Waals surface area contributed by atoms with Gasteiger partial charge in [0, 0.05) is 43.0 Å². The fraction of sp³-hybridized carbons (Fsp3) is 0.552. The summed E-state index contributed by atoms with van der Waals surface area (Å²) >= 11 is 0. The van der Waals surface area contributed by atoms with Crippen molar-refractivity contribution in [2.75, 3.05) is 17.7 Å². The number of nitrogens with zero attached hydrogens (tertiary/aromatic N) is 4. The summed E-state index contributed by atoms with van der Waals surface area (Å²) in [6.07, 6.45) is 8.11. The minimum absolute atomic E-state index is 0.0253. The SMILES string of the molecule is C[C@@H](C(=O)N[C@H]1CCC[C@@H](C#Cc2cnc(Nc3ccnc(F)c3)nc2NC2CC2)C1)N(C)C(=O)OC(C)(C)C. The first-order chi connectivity index (χ1) is 19.0. The summed E-state index contributed by atoms with van der Waals surface area (Å²) in [7, 11) is 1.57. The van der Waals surface area contributed by atoms with Gasteiger partial charge in [-0.3, -0.25) is 9.69 Å². The number of carbonyl (C=O) groups is 2. The zero-order valence-electron chi connectivity index (χ0n) is 23.8. The molecule has 0 unspecified atom stereocenters. The van der Waals surface area contributed by atoms with Crippen LogP contribution in [0, 0.1) is 23.7 Å². The van der Waals surface area contributed by atoms with E-state index in [-0.39, 0.29) is 17.9 Å². The number of carbonyl (C=O) groups excluding carboxylic acids is 2. The molecule has 3 N–H and O–H groups in total. The molecule has 3 atom stereocenters. The molecule has 2 aliphatic rings. The average Bonchev–Trinajstić information content (AvgIpc) is 3.70. The van der Waals surface area contributed by atoms with Gasteiger partial charge in [0.15, 0.2) is 0 Å². The van der Waals surface area contributed by atoms with Crippen LogP contribution in [-0.4, -0.2) is 62.6 Å². The Morgan fingerprint density at radius 3 is 2.65 bits per heavy atom. The zero-order valence-corrected chi connectivity index (χ0v) is 23.8. The van der Waals surface area contributed by atoms with E-state index in [9.17, 15) is 14.0 Å². The predicted molar refractivity (Wildman–Crippen MR) is 150 cm³/mol. The number of ether oxygens (including phenoxy) is 1. The molecule has 0 radical (unpaired) electrons. The first-order valence-electron chi connectivity index (χ1n) is 13.8. The molecule has 2 heterocycles. The van der Waals surface area contributed by atoms with Gasteiger partial charge in [0.25, 0.3) is 0 Å². The molecule has 4 rings (SSSR count). The van der Waals surface area contributed by atoms with Gasteiger partial charge in [-0.05, 0) is 65.9 Å². The minimum atomic E-state index is -0.662. The van der Waals surface area contributed by atoms with Crippen LogP contribution >= 0.6 is 0 Å².